The molecule has 2 aliphatic heterocycles. The minimum atomic E-state index is 0.119. The van der Waals surface area contributed by atoms with Crippen LogP contribution >= 0.6 is 11.6 Å². The number of hydrogen-bond acceptors (Lipinski definition) is 4. The molecule has 4 rings (SSSR count). The molecule has 5 nitrogen and oxygen atoms in total. The van der Waals surface area contributed by atoms with E-state index in [1.807, 2.05) is 19.2 Å². The number of nitrogens with zero attached hydrogens (tertiary/aromatic N) is 2. The number of hydrogen-bond donors (Lipinski definition) is 1. The lowest BCUT2D eigenvalue weighted by molar-refractivity contribution is 0.0569. The van der Waals surface area contributed by atoms with Crippen LogP contribution in [-0.2, 0) is 0 Å². The lowest BCUT2D eigenvalue weighted by Gasteiger charge is -2.38. The predicted octanol–water partition coefficient (Wildman–Crippen LogP) is 4.61. The van der Waals surface area contributed by atoms with Crippen molar-refractivity contribution in [2.75, 3.05) is 33.3 Å². The summed E-state index contributed by atoms with van der Waals surface area (Å²) in [6.45, 7) is 10.0. The fourth-order valence-corrected chi connectivity index (χ4v) is 5.34. The Labute approximate surface area is 196 Å². The third kappa shape index (κ3) is 4.52. The third-order valence-electron chi connectivity index (χ3n) is 7.19. The Morgan fingerprint density at radius 2 is 1.88 bits per heavy atom. The second-order valence-electron chi connectivity index (χ2n) is 9.09. The molecule has 2 bridgehead atoms. The lowest BCUT2D eigenvalue weighted by atomic mass is 9.96. The van der Waals surface area contributed by atoms with Crippen molar-refractivity contribution in [3.63, 3.8) is 0 Å². The first-order valence-electron chi connectivity index (χ1n) is 11.6. The monoisotopic (exact) mass is 455 g/mol. The van der Waals surface area contributed by atoms with Gasteiger partial charge in [-0.15, -0.1) is 0 Å². The summed E-state index contributed by atoms with van der Waals surface area (Å²) < 4.78 is 6.01. The fourth-order valence-electron chi connectivity index (χ4n) is 5.21. The van der Waals surface area contributed by atoms with Gasteiger partial charge in [0.1, 0.15) is 5.75 Å². The summed E-state index contributed by atoms with van der Waals surface area (Å²) in [6, 6.07) is 12.6. The van der Waals surface area contributed by atoms with E-state index in [1.54, 1.807) is 12.1 Å². The first-order valence-corrected chi connectivity index (χ1v) is 12.0. The Kier molecular flexibility index (Phi) is 7.08. The van der Waals surface area contributed by atoms with Crippen molar-refractivity contribution in [1.29, 1.82) is 0 Å². The minimum Gasteiger partial charge on any atom is -0.493 e. The zero-order valence-electron chi connectivity index (χ0n) is 19.5. The van der Waals surface area contributed by atoms with Gasteiger partial charge >= 0.3 is 0 Å². The van der Waals surface area contributed by atoms with E-state index in [1.165, 1.54) is 16.7 Å². The van der Waals surface area contributed by atoms with Gasteiger partial charge in [-0.2, -0.15) is 0 Å². The second kappa shape index (κ2) is 9.82. The van der Waals surface area contributed by atoms with Crippen molar-refractivity contribution in [1.82, 2.24) is 15.1 Å². The highest BCUT2D eigenvalue weighted by Crippen LogP contribution is 2.39. The van der Waals surface area contributed by atoms with E-state index < -0.39 is 0 Å². The lowest BCUT2D eigenvalue weighted by Crippen LogP contribution is -2.49. The average Bonchev–Trinajstić information content (AvgIpc) is 3.40. The number of likely N-dealkylation sites (tertiary alicyclic amines) is 2. The zero-order chi connectivity index (χ0) is 22.8. The van der Waals surface area contributed by atoms with E-state index in [-0.39, 0.29) is 11.9 Å². The molecule has 0 aromatic heterocycles. The molecule has 2 saturated heterocycles. The first-order chi connectivity index (χ1) is 15.4. The molecular formula is C26H34ClN3O2. The van der Waals surface area contributed by atoms with Crippen LogP contribution in [-0.4, -0.2) is 61.1 Å². The molecule has 3 atom stereocenters. The normalized spacial score (nSPS) is 21.2. The quantitative estimate of drug-likeness (QED) is 0.590. The Balaban J connectivity index is 1.41. The number of benzene rings is 2. The highest BCUT2D eigenvalue weighted by molar-refractivity contribution is 6.30. The van der Waals surface area contributed by atoms with E-state index in [0.717, 1.165) is 50.4 Å². The van der Waals surface area contributed by atoms with Crippen LogP contribution < -0.4 is 10.1 Å². The number of rotatable bonds is 8. The Hall–Kier alpha value is -2.08. The van der Waals surface area contributed by atoms with Gasteiger partial charge in [0, 0.05) is 41.8 Å². The van der Waals surface area contributed by atoms with Gasteiger partial charge in [0.15, 0.2) is 0 Å². The summed E-state index contributed by atoms with van der Waals surface area (Å²) in [5.41, 5.74) is 4.61. The summed E-state index contributed by atoms with van der Waals surface area (Å²) in [6.07, 6.45) is 2.05. The molecule has 2 fully saturated rings. The number of carbonyl (C=O) groups is 1. The fraction of sp³-hybridized carbons (Fsp3) is 0.500. The van der Waals surface area contributed by atoms with Crippen LogP contribution in [0, 0.1) is 13.8 Å². The van der Waals surface area contributed by atoms with E-state index in [0.29, 0.717) is 17.1 Å². The molecule has 2 aliphatic rings. The SMILES string of the molecule is CNCCCOc1ccc([C@H](C)N2C[C@H]3C[C@@H]2CN3C(=O)c2ccc(Cl)cc2)c(C)c1C. The van der Waals surface area contributed by atoms with E-state index in [4.69, 9.17) is 16.3 Å². The highest BCUT2D eigenvalue weighted by Gasteiger charge is 2.47. The maximum atomic E-state index is 13.0. The van der Waals surface area contributed by atoms with Gasteiger partial charge < -0.3 is 15.0 Å². The van der Waals surface area contributed by atoms with Gasteiger partial charge in [0.05, 0.1) is 6.61 Å². The largest absolute Gasteiger partial charge is 0.493 e. The molecular weight excluding hydrogens is 422 g/mol. The van der Waals surface area contributed by atoms with Crippen LogP contribution in [0.1, 0.15) is 52.9 Å². The van der Waals surface area contributed by atoms with Crippen molar-refractivity contribution < 1.29 is 9.53 Å². The van der Waals surface area contributed by atoms with Crippen molar-refractivity contribution in [3.8, 4) is 5.75 Å². The van der Waals surface area contributed by atoms with E-state index in [2.05, 4.69) is 48.0 Å². The second-order valence-corrected chi connectivity index (χ2v) is 9.53. The molecule has 2 aromatic rings. The molecule has 1 N–H and O–H groups in total. The number of halogens is 1. The molecule has 1 amide bonds. The molecule has 172 valence electrons. The molecule has 0 aliphatic carbocycles. The molecule has 0 radical (unpaired) electrons. The van der Waals surface area contributed by atoms with Crippen LogP contribution in [0.3, 0.4) is 0 Å². The molecule has 0 saturated carbocycles. The number of nitrogens with one attached hydrogen (secondary N) is 1. The predicted molar refractivity (Wildman–Crippen MR) is 130 cm³/mol. The highest BCUT2D eigenvalue weighted by atomic mass is 35.5. The summed E-state index contributed by atoms with van der Waals surface area (Å²) in [7, 11) is 1.96. The van der Waals surface area contributed by atoms with Gasteiger partial charge in [-0.3, -0.25) is 9.69 Å². The molecule has 2 aromatic carbocycles. The van der Waals surface area contributed by atoms with Crippen LogP contribution in [0.2, 0.25) is 5.02 Å². The zero-order valence-corrected chi connectivity index (χ0v) is 20.3. The van der Waals surface area contributed by atoms with Crippen LogP contribution in [0.15, 0.2) is 36.4 Å². The maximum absolute atomic E-state index is 13.0. The summed E-state index contributed by atoms with van der Waals surface area (Å²) in [4.78, 5) is 17.6. The van der Waals surface area contributed by atoms with Crippen molar-refractivity contribution >= 4 is 17.5 Å². The van der Waals surface area contributed by atoms with Gasteiger partial charge in [0.25, 0.3) is 5.91 Å². The summed E-state index contributed by atoms with van der Waals surface area (Å²) in [5, 5.41) is 3.81. The third-order valence-corrected chi connectivity index (χ3v) is 7.44. The summed E-state index contributed by atoms with van der Waals surface area (Å²) in [5.74, 6) is 1.10. The summed E-state index contributed by atoms with van der Waals surface area (Å²) >= 11 is 5.98. The number of piperazine rings is 1. The molecule has 32 heavy (non-hydrogen) atoms. The standard InChI is InChI=1S/C26H34ClN3O2/c1-17-18(2)25(32-13-5-12-28-4)11-10-24(17)19(3)29-15-23-14-22(29)16-30(23)26(31)20-6-8-21(27)9-7-20/h6-11,19,22-23,28H,5,12-16H2,1-4H3/t19-,22+,23+/m0/s1. The Morgan fingerprint density at radius 1 is 1.12 bits per heavy atom. The van der Waals surface area contributed by atoms with Crippen molar-refractivity contribution in [3.05, 3.63) is 63.7 Å². The topological polar surface area (TPSA) is 44.8 Å². The molecule has 0 spiro atoms. The number of fused-ring (bicyclic) bond motifs is 2. The van der Waals surface area contributed by atoms with Crippen molar-refractivity contribution in [2.45, 2.75) is 51.7 Å². The van der Waals surface area contributed by atoms with Crippen LogP contribution in [0.4, 0.5) is 0 Å². The Bertz CT molecular complexity index is 962. The average molecular weight is 456 g/mol. The van der Waals surface area contributed by atoms with Crippen molar-refractivity contribution in [2.24, 2.45) is 0 Å². The van der Waals surface area contributed by atoms with Gasteiger partial charge in [0.2, 0.25) is 0 Å². The van der Waals surface area contributed by atoms with Crippen LogP contribution in [0.25, 0.3) is 0 Å². The van der Waals surface area contributed by atoms with E-state index >= 15 is 0 Å². The van der Waals surface area contributed by atoms with Gasteiger partial charge in [-0.05, 0) is 94.2 Å². The van der Waals surface area contributed by atoms with Gasteiger partial charge in [-0.1, -0.05) is 17.7 Å². The number of ether oxygens (including phenoxy) is 1. The number of amides is 1. The number of carbonyl (C=O) groups excluding carboxylic acids is 1. The van der Waals surface area contributed by atoms with E-state index in [9.17, 15) is 4.79 Å². The molecule has 2 heterocycles. The van der Waals surface area contributed by atoms with Crippen LogP contribution in [0.5, 0.6) is 5.75 Å². The molecule has 0 unspecified atom stereocenters. The Morgan fingerprint density at radius 3 is 2.53 bits per heavy atom. The smallest absolute Gasteiger partial charge is 0.254 e. The van der Waals surface area contributed by atoms with Gasteiger partial charge in [-0.25, -0.2) is 0 Å². The molecule has 6 heteroatoms. The minimum absolute atomic E-state index is 0.119. The maximum Gasteiger partial charge on any atom is 0.254 e. The first kappa shape index (κ1) is 23.1.